The molecule has 0 aromatic heterocycles. The van der Waals surface area contributed by atoms with Crippen LogP contribution in [-0.2, 0) is 4.79 Å². The van der Waals surface area contributed by atoms with E-state index in [1.807, 2.05) is 37.3 Å². The average Bonchev–Trinajstić information content (AvgIpc) is 2.60. The van der Waals surface area contributed by atoms with Crippen LogP contribution < -0.4 is 16.2 Å². The van der Waals surface area contributed by atoms with E-state index in [0.717, 1.165) is 18.4 Å². The summed E-state index contributed by atoms with van der Waals surface area (Å²) in [5.41, 5.74) is 6.92. The Morgan fingerprint density at radius 1 is 1.08 bits per heavy atom. The second-order valence-corrected chi connectivity index (χ2v) is 5.74. The van der Waals surface area contributed by atoms with Crippen molar-refractivity contribution in [2.75, 3.05) is 5.32 Å². The maximum absolute atomic E-state index is 12.9. The first-order valence-corrected chi connectivity index (χ1v) is 8.18. The van der Waals surface area contributed by atoms with Crippen LogP contribution in [0.5, 0.6) is 0 Å². The molecule has 2 aromatic rings. The third kappa shape index (κ3) is 5.31. The van der Waals surface area contributed by atoms with Crippen LogP contribution in [0.3, 0.4) is 0 Å². The van der Waals surface area contributed by atoms with E-state index in [4.69, 9.17) is 12.2 Å². The van der Waals surface area contributed by atoms with Gasteiger partial charge < -0.3 is 5.32 Å². The maximum Gasteiger partial charge on any atom is 0.245 e. The Labute approximate surface area is 146 Å². The largest absolute Gasteiger partial charge is 0.331 e. The van der Waals surface area contributed by atoms with Crippen molar-refractivity contribution in [2.24, 2.45) is 0 Å². The van der Waals surface area contributed by atoms with Crippen LogP contribution in [0.25, 0.3) is 0 Å². The number of rotatable bonds is 5. The predicted molar refractivity (Wildman–Crippen MR) is 98.0 cm³/mol. The first-order valence-electron chi connectivity index (χ1n) is 7.77. The van der Waals surface area contributed by atoms with Gasteiger partial charge in [0.2, 0.25) is 5.91 Å². The van der Waals surface area contributed by atoms with Crippen molar-refractivity contribution in [1.29, 1.82) is 0 Å². The van der Waals surface area contributed by atoms with Crippen molar-refractivity contribution in [3.63, 3.8) is 0 Å². The SMILES string of the molecule is CCC[C@@H](C(=O)NNC(=S)Nc1ccc(F)cc1)c1ccccc1. The van der Waals surface area contributed by atoms with Gasteiger partial charge >= 0.3 is 0 Å². The van der Waals surface area contributed by atoms with Gasteiger partial charge in [-0.1, -0.05) is 43.7 Å². The van der Waals surface area contributed by atoms with Crippen molar-refractivity contribution < 1.29 is 9.18 Å². The molecule has 4 nitrogen and oxygen atoms in total. The second kappa shape index (κ2) is 8.98. The molecule has 0 unspecified atom stereocenters. The molecule has 0 bridgehead atoms. The first-order chi connectivity index (χ1) is 11.6. The molecule has 0 aliphatic heterocycles. The quantitative estimate of drug-likeness (QED) is 0.571. The van der Waals surface area contributed by atoms with Crippen molar-refractivity contribution in [1.82, 2.24) is 10.9 Å². The molecule has 0 aliphatic carbocycles. The molecule has 126 valence electrons. The lowest BCUT2D eigenvalue weighted by Gasteiger charge is -2.18. The van der Waals surface area contributed by atoms with Gasteiger partial charge in [0.25, 0.3) is 0 Å². The number of amides is 1. The van der Waals surface area contributed by atoms with E-state index in [0.29, 0.717) is 5.69 Å². The van der Waals surface area contributed by atoms with Gasteiger partial charge in [0.1, 0.15) is 5.82 Å². The van der Waals surface area contributed by atoms with Gasteiger partial charge in [-0.15, -0.1) is 0 Å². The summed E-state index contributed by atoms with van der Waals surface area (Å²) in [6, 6.07) is 15.4. The van der Waals surface area contributed by atoms with Crippen LogP contribution in [0, 0.1) is 5.82 Å². The smallest absolute Gasteiger partial charge is 0.245 e. The molecule has 0 radical (unpaired) electrons. The summed E-state index contributed by atoms with van der Waals surface area (Å²) in [5, 5.41) is 3.11. The summed E-state index contributed by atoms with van der Waals surface area (Å²) >= 11 is 5.12. The number of thiocarbonyl (C=S) groups is 1. The fourth-order valence-corrected chi connectivity index (χ4v) is 2.49. The van der Waals surface area contributed by atoms with E-state index < -0.39 is 0 Å². The lowest BCUT2D eigenvalue weighted by molar-refractivity contribution is -0.123. The van der Waals surface area contributed by atoms with Gasteiger partial charge in [0.05, 0.1) is 5.92 Å². The van der Waals surface area contributed by atoms with Gasteiger partial charge in [-0.05, 0) is 48.5 Å². The Kier molecular flexibility index (Phi) is 6.69. The molecule has 2 rings (SSSR count). The molecule has 1 amide bonds. The molecule has 6 heteroatoms. The Morgan fingerprint density at radius 3 is 2.38 bits per heavy atom. The highest BCUT2D eigenvalue weighted by Gasteiger charge is 2.19. The Hall–Kier alpha value is -2.47. The van der Waals surface area contributed by atoms with Crippen LogP contribution in [-0.4, -0.2) is 11.0 Å². The number of hydrogen-bond acceptors (Lipinski definition) is 2. The van der Waals surface area contributed by atoms with Crippen LogP contribution in [0.15, 0.2) is 54.6 Å². The zero-order chi connectivity index (χ0) is 17.4. The molecular weight excluding hydrogens is 325 g/mol. The molecule has 1 atom stereocenters. The van der Waals surface area contributed by atoms with Gasteiger partial charge in [0, 0.05) is 5.69 Å². The second-order valence-electron chi connectivity index (χ2n) is 5.33. The zero-order valence-electron chi connectivity index (χ0n) is 13.4. The number of nitrogens with one attached hydrogen (secondary N) is 3. The van der Waals surface area contributed by atoms with Crippen LogP contribution in [0.2, 0.25) is 0 Å². The molecule has 0 heterocycles. The Balaban J connectivity index is 1.90. The molecule has 0 saturated heterocycles. The molecule has 0 spiro atoms. The van der Waals surface area contributed by atoms with E-state index in [9.17, 15) is 9.18 Å². The van der Waals surface area contributed by atoms with E-state index in [1.165, 1.54) is 12.1 Å². The number of hydrazine groups is 1. The molecule has 0 aliphatic rings. The summed E-state index contributed by atoms with van der Waals surface area (Å²) in [6.45, 7) is 2.04. The van der Waals surface area contributed by atoms with E-state index in [1.54, 1.807) is 12.1 Å². The monoisotopic (exact) mass is 345 g/mol. The van der Waals surface area contributed by atoms with Crippen LogP contribution in [0.1, 0.15) is 31.2 Å². The topological polar surface area (TPSA) is 53.2 Å². The molecule has 0 saturated carbocycles. The predicted octanol–water partition coefficient (Wildman–Crippen LogP) is 3.73. The minimum absolute atomic E-state index is 0.147. The molecule has 24 heavy (non-hydrogen) atoms. The van der Waals surface area contributed by atoms with Crippen molar-refractivity contribution in [3.8, 4) is 0 Å². The summed E-state index contributed by atoms with van der Waals surface area (Å²) in [6.07, 6.45) is 1.64. The number of carbonyl (C=O) groups is 1. The molecule has 3 N–H and O–H groups in total. The molecular formula is C18H20FN3OS. The number of carbonyl (C=O) groups excluding carboxylic acids is 1. The van der Waals surface area contributed by atoms with Gasteiger partial charge in [-0.25, -0.2) is 4.39 Å². The average molecular weight is 345 g/mol. The van der Waals surface area contributed by atoms with E-state index in [-0.39, 0.29) is 22.8 Å². The number of anilines is 1. The number of halogens is 1. The minimum atomic E-state index is -0.321. The van der Waals surface area contributed by atoms with Crippen molar-refractivity contribution in [2.45, 2.75) is 25.7 Å². The maximum atomic E-state index is 12.9. The highest BCUT2D eigenvalue weighted by molar-refractivity contribution is 7.80. The normalized spacial score (nSPS) is 11.4. The highest BCUT2D eigenvalue weighted by Crippen LogP contribution is 2.21. The zero-order valence-corrected chi connectivity index (χ0v) is 14.2. The van der Waals surface area contributed by atoms with Gasteiger partial charge in [-0.3, -0.25) is 15.6 Å². The van der Waals surface area contributed by atoms with E-state index >= 15 is 0 Å². The summed E-state index contributed by atoms with van der Waals surface area (Å²) in [7, 11) is 0. The summed E-state index contributed by atoms with van der Waals surface area (Å²) in [4.78, 5) is 12.4. The third-order valence-electron chi connectivity index (χ3n) is 3.50. The Bertz CT molecular complexity index is 676. The summed E-state index contributed by atoms with van der Waals surface area (Å²) < 4.78 is 12.9. The van der Waals surface area contributed by atoms with Crippen LogP contribution >= 0.6 is 12.2 Å². The first kappa shape index (κ1) is 17.9. The molecule has 2 aromatic carbocycles. The number of benzene rings is 2. The number of hydrogen-bond donors (Lipinski definition) is 3. The van der Waals surface area contributed by atoms with E-state index in [2.05, 4.69) is 16.2 Å². The fraction of sp³-hybridized carbons (Fsp3) is 0.222. The minimum Gasteiger partial charge on any atom is -0.331 e. The standard InChI is InChI=1S/C18H20FN3OS/c1-2-6-16(13-7-4-3-5-8-13)17(23)21-22-18(24)20-15-11-9-14(19)10-12-15/h3-5,7-12,16H,2,6H2,1H3,(H,21,23)(H2,20,22,24)/t16-/m1/s1. The third-order valence-corrected chi connectivity index (χ3v) is 3.70. The van der Waals surface area contributed by atoms with Crippen molar-refractivity contribution in [3.05, 3.63) is 66.0 Å². The lowest BCUT2D eigenvalue weighted by atomic mass is 9.94. The summed E-state index contributed by atoms with van der Waals surface area (Å²) in [5.74, 6) is -0.707. The van der Waals surface area contributed by atoms with Gasteiger partial charge in [-0.2, -0.15) is 0 Å². The lowest BCUT2D eigenvalue weighted by Crippen LogP contribution is -2.45. The van der Waals surface area contributed by atoms with Crippen LogP contribution in [0.4, 0.5) is 10.1 Å². The molecule has 0 fully saturated rings. The van der Waals surface area contributed by atoms with Crippen molar-refractivity contribution >= 4 is 28.9 Å². The highest BCUT2D eigenvalue weighted by atomic mass is 32.1. The van der Waals surface area contributed by atoms with Gasteiger partial charge in [0.15, 0.2) is 5.11 Å². The fourth-order valence-electron chi connectivity index (χ4n) is 2.32. The Morgan fingerprint density at radius 2 is 1.75 bits per heavy atom.